The maximum Gasteiger partial charge on any atom is 0.127 e. The first-order chi connectivity index (χ1) is 10.0. The minimum absolute atomic E-state index is 0.0179. The van der Waals surface area contributed by atoms with E-state index in [1.54, 1.807) is 12.1 Å². The largest absolute Gasteiger partial charge is 0.385 e. The zero-order valence-corrected chi connectivity index (χ0v) is 12.5. The Kier molecular flexibility index (Phi) is 3.85. The summed E-state index contributed by atoms with van der Waals surface area (Å²) in [4.78, 5) is 0. The van der Waals surface area contributed by atoms with Crippen LogP contribution < -0.4 is 0 Å². The smallest absolute Gasteiger partial charge is 0.127 e. The molecule has 5 heteroatoms. The molecule has 1 aromatic carbocycles. The van der Waals surface area contributed by atoms with Crippen molar-refractivity contribution in [3.63, 3.8) is 0 Å². The molecule has 2 atom stereocenters. The molecule has 2 unspecified atom stereocenters. The van der Waals surface area contributed by atoms with E-state index in [1.807, 2.05) is 6.07 Å². The van der Waals surface area contributed by atoms with Crippen molar-refractivity contribution >= 4 is 10.8 Å². The quantitative estimate of drug-likeness (QED) is 0.913. The first kappa shape index (κ1) is 14.7. The van der Waals surface area contributed by atoms with Gasteiger partial charge in [-0.05, 0) is 37.3 Å². The Morgan fingerprint density at radius 2 is 2.05 bits per heavy atom. The maximum absolute atomic E-state index is 14.0. The number of benzene rings is 1. The van der Waals surface area contributed by atoms with E-state index in [9.17, 15) is 13.7 Å². The highest BCUT2D eigenvalue weighted by molar-refractivity contribution is 7.86. The number of hydrogen-bond acceptors (Lipinski definition) is 3. The summed E-state index contributed by atoms with van der Waals surface area (Å²) in [5.41, 5.74) is -0.185. The van der Waals surface area contributed by atoms with Gasteiger partial charge in [-0.2, -0.15) is 5.26 Å². The lowest BCUT2D eigenvalue weighted by atomic mass is 9.80. The van der Waals surface area contributed by atoms with Crippen LogP contribution in [-0.4, -0.2) is 19.8 Å². The minimum Gasteiger partial charge on any atom is -0.385 e. The number of nitriles is 1. The first-order valence-electron chi connectivity index (χ1n) is 7.31. The van der Waals surface area contributed by atoms with Gasteiger partial charge >= 0.3 is 0 Å². The van der Waals surface area contributed by atoms with Gasteiger partial charge in [0.2, 0.25) is 0 Å². The van der Waals surface area contributed by atoms with E-state index >= 15 is 0 Å². The van der Waals surface area contributed by atoms with Crippen LogP contribution in [0.1, 0.15) is 43.2 Å². The molecule has 0 amide bonds. The van der Waals surface area contributed by atoms with Gasteiger partial charge < -0.3 is 5.11 Å². The van der Waals surface area contributed by atoms with Crippen LogP contribution in [-0.2, 0) is 22.8 Å². The summed E-state index contributed by atoms with van der Waals surface area (Å²) in [5.74, 6) is -0.445. The lowest BCUT2D eigenvalue weighted by molar-refractivity contribution is 0.00626. The van der Waals surface area contributed by atoms with Gasteiger partial charge in [0.25, 0.3) is 0 Å². The van der Waals surface area contributed by atoms with E-state index in [0.717, 1.165) is 19.3 Å². The van der Waals surface area contributed by atoms with Crippen LogP contribution in [0.5, 0.6) is 0 Å². The molecule has 1 aromatic rings. The van der Waals surface area contributed by atoms with Crippen molar-refractivity contribution in [3.8, 4) is 6.07 Å². The first-order valence-corrected chi connectivity index (χ1v) is 8.59. The molecule has 112 valence electrons. The third-order valence-corrected chi connectivity index (χ3v) is 6.82. The van der Waals surface area contributed by atoms with Gasteiger partial charge in [0.15, 0.2) is 0 Å². The Bertz CT molecular complexity index is 609. The normalized spacial score (nSPS) is 35.2. The average Bonchev–Trinajstić information content (AvgIpc) is 2.43. The molecule has 3 nitrogen and oxygen atoms in total. The zero-order valence-electron chi connectivity index (χ0n) is 11.7. The molecule has 2 saturated heterocycles. The molecule has 3 rings (SSSR count). The predicted octanol–water partition coefficient (Wildman–Crippen LogP) is 2.54. The summed E-state index contributed by atoms with van der Waals surface area (Å²) in [7, 11) is -0.866. The fourth-order valence-corrected chi connectivity index (χ4v) is 5.81. The lowest BCUT2D eigenvalue weighted by Crippen LogP contribution is -2.47. The van der Waals surface area contributed by atoms with E-state index in [1.165, 1.54) is 6.07 Å². The van der Waals surface area contributed by atoms with Crippen molar-refractivity contribution in [2.75, 3.05) is 0 Å². The van der Waals surface area contributed by atoms with E-state index in [0.29, 0.717) is 24.0 Å². The molecular formula is C16H18FNO2S. The van der Waals surface area contributed by atoms with Crippen molar-refractivity contribution in [2.24, 2.45) is 0 Å². The topological polar surface area (TPSA) is 61.1 Å². The van der Waals surface area contributed by atoms with Gasteiger partial charge in [0.05, 0.1) is 18.1 Å². The summed E-state index contributed by atoms with van der Waals surface area (Å²) >= 11 is 0. The van der Waals surface area contributed by atoms with Gasteiger partial charge in [-0.1, -0.05) is 18.6 Å². The molecular weight excluding hydrogens is 289 g/mol. The molecule has 2 aliphatic rings. The molecule has 1 N–H and O–H groups in total. The molecule has 2 aliphatic heterocycles. The second-order valence-electron chi connectivity index (χ2n) is 6.08. The van der Waals surface area contributed by atoms with E-state index < -0.39 is 22.2 Å². The summed E-state index contributed by atoms with van der Waals surface area (Å²) in [6.07, 6.45) is 3.72. The lowest BCUT2D eigenvalue weighted by Gasteiger charge is -2.43. The number of fused-ring (bicyclic) bond motifs is 2. The van der Waals surface area contributed by atoms with E-state index in [2.05, 4.69) is 0 Å². The molecule has 0 aromatic heterocycles. The molecule has 0 saturated carbocycles. The zero-order chi connectivity index (χ0) is 15.0. The number of halogens is 1. The molecule has 0 radical (unpaired) electrons. The number of nitrogens with zero attached hydrogens (tertiary/aromatic N) is 1. The van der Waals surface area contributed by atoms with Gasteiger partial charge in [-0.25, -0.2) is 4.39 Å². The van der Waals surface area contributed by atoms with Crippen LogP contribution in [0, 0.1) is 17.1 Å². The van der Waals surface area contributed by atoms with E-state index in [4.69, 9.17) is 5.26 Å². The van der Waals surface area contributed by atoms with Gasteiger partial charge in [0.1, 0.15) is 5.82 Å². The van der Waals surface area contributed by atoms with Crippen LogP contribution in [0.15, 0.2) is 18.2 Å². The van der Waals surface area contributed by atoms with E-state index in [-0.39, 0.29) is 16.9 Å². The summed E-state index contributed by atoms with van der Waals surface area (Å²) in [6.45, 7) is 0. The number of hydrogen-bond donors (Lipinski definition) is 1. The third kappa shape index (κ3) is 2.63. The Morgan fingerprint density at radius 3 is 2.62 bits per heavy atom. The molecule has 0 spiro atoms. The SMILES string of the molecule is N#CCc1ccc(C2(O)CC3CCCC(C2)S3=O)cc1F. The Hall–Kier alpha value is -1.25. The summed E-state index contributed by atoms with van der Waals surface area (Å²) < 4.78 is 26.2. The predicted molar refractivity (Wildman–Crippen MR) is 78.4 cm³/mol. The highest BCUT2D eigenvalue weighted by atomic mass is 32.2. The van der Waals surface area contributed by atoms with Gasteiger partial charge in [-0.15, -0.1) is 0 Å². The number of aliphatic hydroxyl groups is 1. The monoisotopic (exact) mass is 307 g/mol. The van der Waals surface area contributed by atoms with Crippen LogP contribution in [0.3, 0.4) is 0 Å². The Labute approximate surface area is 126 Å². The fraction of sp³-hybridized carbons (Fsp3) is 0.562. The van der Waals surface area contributed by atoms with Crippen LogP contribution in [0.25, 0.3) is 0 Å². The van der Waals surface area contributed by atoms with Crippen molar-refractivity contribution in [2.45, 2.75) is 54.6 Å². The Morgan fingerprint density at radius 1 is 1.38 bits per heavy atom. The molecule has 0 aliphatic carbocycles. The standard InChI is InChI=1S/C16H18FNO2S/c17-15-8-12(5-4-11(15)6-7-18)16(19)9-13-2-1-3-14(10-16)21(13)20/h4-5,8,13-14,19H,1-3,6,9-10H2. The van der Waals surface area contributed by atoms with Gasteiger partial charge in [-0.3, -0.25) is 4.21 Å². The fourth-order valence-electron chi connectivity index (χ4n) is 3.58. The van der Waals surface area contributed by atoms with Crippen LogP contribution in [0.2, 0.25) is 0 Å². The van der Waals surface area contributed by atoms with Crippen molar-refractivity contribution in [3.05, 3.63) is 35.1 Å². The van der Waals surface area contributed by atoms with Gasteiger partial charge in [0, 0.05) is 26.9 Å². The average molecular weight is 307 g/mol. The molecule has 2 fully saturated rings. The number of rotatable bonds is 2. The highest BCUT2D eigenvalue weighted by Gasteiger charge is 2.46. The molecule has 2 bridgehead atoms. The van der Waals surface area contributed by atoms with Crippen LogP contribution in [0.4, 0.5) is 4.39 Å². The molecule has 21 heavy (non-hydrogen) atoms. The highest BCUT2D eigenvalue weighted by Crippen LogP contribution is 2.44. The maximum atomic E-state index is 14.0. The summed E-state index contributed by atoms with van der Waals surface area (Å²) in [6, 6.07) is 6.56. The van der Waals surface area contributed by atoms with Crippen molar-refractivity contribution in [1.29, 1.82) is 5.26 Å². The third-order valence-electron chi connectivity index (χ3n) is 4.70. The van der Waals surface area contributed by atoms with Crippen LogP contribution >= 0.6 is 0 Å². The van der Waals surface area contributed by atoms with Crippen molar-refractivity contribution in [1.82, 2.24) is 0 Å². The summed E-state index contributed by atoms with van der Waals surface area (Å²) in [5, 5.41) is 19.6. The second kappa shape index (κ2) is 5.51. The van der Waals surface area contributed by atoms with Crippen molar-refractivity contribution < 1.29 is 13.7 Å². The Balaban J connectivity index is 1.91. The minimum atomic E-state index is -1.09. The molecule has 2 heterocycles. The second-order valence-corrected chi connectivity index (χ2v) is 8.07.